The van der Waals surface area contributed by atoms with Gasteiger partial charge in [0.1, 0.15) is 5.76 Å². The van der Waals surface area contributed by atoms with Crippen LogP contribution in [0.25, 0.3) is 0 Å². The molecule has 2 unspecified atom stereocenters. The fraction of sp³-hybridized carbons (Fsp3) is 0.500. The number of nitrogens with two attached hydrogens (primary N) is 1. The Bertz CT molecular complexity index is 335. The molecule has 0 aliphatic carbocycles. The van der Waals surface area contributed by atoms with Crippen LogP contribution in [-0.2, 0) is 0 Å². The third kappa shape index (κ3) is 3.60. The molecule has 0 bridgehead atoms. The number of hydrogen-bond donors (Lipinski definition) is 2. The predicted octanol–water partition coefficient (Wildman–Crippen LogP) is 2.12. The van der Waals surface area contributed by atoms with Gasteiger partial charge in [-0.1, -0.05) is 0 Å². The first-order valence-corrected chi connectivity index (χ1v) is 5.75. The Labute approximate surface area is 92.8 Å². The van der Waals surface area contributed by atoms with Gasteiger partial charge in [0.25, 0.3) is 0 Å². The minimum Gasteiger partial charge on any atom is -0.475 e. The zero-order valence-corrected chi connectivity index (χ0v) is 9.58. The van der Waals surface area contributed by atoms with Crippen molar-refractivity contribution in [1.82, 2.24) is 0 Å². The van der Waals surface area contributed by atoms with Gasteiger partial charge in [0, 0.05) is 11.8 Å². The molecule has 84 valence electrons. The fourth-order valence-corrected chi connectivity index (χ4v) is 1.95. The quantitative estimate of drug-likeness (QED) is 0.808. The standard InChI is InChI=1S/C10H15NO3S/c1-6(11)5-15-7(2)8-3-4-9(14-8)10(12)13/h3-4,6-7H,5,11H2,1-2H3,(H,12,13). The van der Waals surface area contributed by atoms with Crippen LogP contribution >= 0.6 is 11.8 Å². The molecule has 5 heteroatoms. The normalized spacial score (nSPS) is 14.9. The summed E-state index contributed by atoms with van der Waals surface area (Å²) in [5.41, 5.74) is 5.63. The van der Waals surface area contributed by atoms with Crippen LogP contribution < -0.4 is 5.73 Å². The largest absolute Gasteiger partial charge is 0.475 e. The molecular weight excluding hydrogens is 214 g/mol. The molecule has 1 heterocycles. The van der Waals surface area contributed by atoms with Gasteiger partial charge in [-0.05, 0) is 26.0 Å². The molecule has 0 saturated carbocycles. The lowest BCUT2D eigenvalue weighted by Gasteiger charge is -2.09. The van der Waals surface area contributed by atoms with E-state index in [1.807, 2.05) is 13.8 Å². The third-order valence-electron chi connectivity index (χ3n) is 1.85. The van der Waals surface area contributed by atoms with Gasteiger partial charge < -0.3 is 15.3 Å². The van der Waals surface area contributed by atoms with Crippen molar-refractivity contribution in [2.45, 2.75) is 25.1 Å². The Balaban J connectivity index is 2.58. The molecule has 15 heavy (non-hydrogen) atoms. The summed E-state index contributed by atoms with van der Waals surface area (Å²) in [6.07, 6.45) is 0. The summed E-state index contributed by atoms with van der Waals surface area (Å²) in [5, 5.41) is 8.81. The van der Waals surface area contributed by atoms with Crippen LogP contribution in [0.5, 0.6) is 0 Å². The van der Waals surface area contributed by atoms with Crippen molar-refractivity contribution in [3.05, 3.63) is 23.7 Å². The molecule has 0 saturated heterocycles. The molecule has 3 N–H and O–H groups in total. The van der Waals surface area contributed by atoms with Crippen molar-refractivity contribution in [1.29, 1.82) is 0 Å². The van der Waals surface area contributed by atoms with Crippen molar-refractivity contribution in [2.24, 2.45) is 5.73 Å². The van der Waals surface area contributed by atoms with E-state index in [0.717, 1.165) is 5.75 Å². The Kier molecular flexibility index (Phi) is 4.23. The molecular formula is C10H15NO3S. The summed E-state index contributed by atoms with van der Waals surface area (Å²) < 4.78 is 5.18. The first-order chi connectivity index (χ1) is 7.00. The van der Waals surface area contributed by atoms with Gasteiger partial charge in [0.2, 0.25) is 5.76 Å². The van der Waals surface area contributed by atoms with Gasteiger partial charge in [-0.2, -0.15) is 0 Å². The number of carboxylic acid groups (broad SMARTS) is 1. The Morgan fingerprint density at radius 1 is 1.60 bits per heavy atom. The van der Waals surface area contributed by atoms with Crippen molar-refractivity contribution in [3.8, 4) is 0 Å². The lowest BCUT2D eigenvalue weighted by Crippen LogP contribution is -2.17. The number of rotatable bonds is 5. The van der Waals surface area contributed by atoms with Crippen LogP contribution in [0.1, 0.15) is 35.4 Å². The van der Waals surface area contributed by atoms with Gasteiger partial charge in [-0.3, -0.25) is 0 Å². The number of aromatic carboxylic acids is 1. The third-order valence-corrected chi connectivity index (χ3v) is 3.30. The molecule has 1 rings (SSSR count). The highest BCUT2D eigenvalue weighted by molar-refractivity contribution is 7.99. The zero-order valence-electron chi connectivity index (χ0n) is 8.77. The van der Waals surface area contributed by atoms with E-state index in [9.17, 15) is 4.79 Å². The second-order valence-electron chi connectivity index (χ2n) is 3.46. The molecule has 1 aromatic heterocycles. The van der Waals surface area contributed by atoms with Crippen molar-refractivity contribution >= 4 is 17.7 Å². The summed E-state index contributed by atoms with van der Waals surface area (Å²) in [7, 11) is 0. The maximum atomic E-state index is 10.6. The second-order valence-corrected chi connectivity index (χ2v) is 4.83. The van der Waals surface area contributed by atoms with E-state index in [2.05, 4.69) is 0 Å². The lowest BCUT2D eigenvalue weighted by atomic mass is 10.3. The van der Waals surface area contributed by atoms with E-state index in [-0.39, 0.29) is 17.1 Å². The Hall–Kier alpha value is -0.940. The fourth-order valence-electron chi connectivity index (χ4n) is 1.06. The summed E-state index contributed by atoms with van der Waals surface area (Å²) >= 11 is 1.65. The molecule has 0 aromatic carbocycles. The molecule has 0 spiro atoms. The number of thioether (sulfide) groups is 1. The molecule has 0 radical (unpaired) electrons. The van der Waals surface area contributed by atoms with E-state index >= 15 is 0 Å². The van der Waals surface area contributed by atoms with Crippen LogP contribution in [0, 0.1) is 0 Å². The minimum atomic E-state index is -1.04. The van der Waals surface area contributed by atoms with Crippen molar-refractivity contribution in [2.75, 3.05) is 5.75 Å². The maximum absolute atomic E-state index is 10.6. The average Bonchev–Trinajstić information content (AvgIpc) is 2.62. The van der Waals surface area contributed by atoms with Crippen LogP contribution in [0.2, 0.25) is 0 Å². The molecule has 2 atom stereocenters. The first-order valence-electron chi connectivity index (χ1n) is 4.71. The maximum Gasteiger partial charge on any atom is 0.371 e. The number of furan rings is 1. The smallest absolute Gasteiger partial charge is 0.371 e. The highest BCUT2D eigenvalue weighted by Gasteiger charge is 2.14. The van der Waals surface area contributed by atoms with E-state index in [0.29, 0.717) is 5.76 Å². The Morgan fingerprint density at radius 2 is 2.27 bits per heavy atom. The van der Waals surface area contributed by atoms with Crippen molar-refractivity contribution in [3.63, 3.8) is 0 Å². The topological polar surface area (TPSA) is 76.5 Å². The monoisotopic (exact) mass is 229 g/mol. The van der Waals surface area contributed by atoms with E-state index < -0.39 is 5.97 Å². The van der Waals surface area contributed by atoms with E-state index in [1.165, 1.54) is 6.07 Å². The predicted molar refractivity (Wildman–Crippen MR) is 60.2 cm³/mol. The molecule has 0 fully saturated rings. The van der Waals surface area contributed by atoms with Gasteiger partial charge in [0.05, 0.1) is 5.25 Å². The zero-order chi connectivity index (χ0) is 11.4. The number of carbonyl (C=O) groups is 1. The molecule has 0 aliphatic heterocycles. The highest BCUT2D eigenvalue weighted by atomic mass is 32.2. The molecule has 0 amide bonds. The van der Waals surface area contributed by atoms with E-state index in [1.54, 1.807) is 17.8 Å². The summed E-state index contributed by atoms with van der Waals surface area (Å²) in [6, 6.07) is 3.30. The highest BCUT2D eigenvalue weighted by Crippen LogP contribution is 2.29. The first kappa shape index (κ1) is 12.1. The van der Waals surface area contributed by atoms with Gasteiger partial charge in [0.15, 0.2) is 0 Å². The Morgan fingerprint density at radius 3 is 2.73 bits per heavy atom. The van der Waals surface area contributed by atoms with Gasteiger partial charge in [-0.25, -0.2) is 4.79 Å². The van der Waals surface area contributed by atoms with Crippen molar-refractivity contribution < 1.29 is 14.3 Å². The lowest BCUT2D eigenvalue weighted by molar-refractivity contribution is 0.0660. The second kappa shape index (κ2) is 5.23. The van der Waals surface area contributed by atoms with Crippen LogP contribution in [0.15, 0.2) is 16.5 Å². The van der Waals surface area contributed by atoms with Crippen LogP contribution in [0.3, 0.4) is 0 Å². The van der Waals surface area contributed by atoms with Gasteiger partial charge >= 0.3 is 5.97 Å². The molecule has 4 nitrogen and oxygen atoms in total. The van der Waals surface area contributed by atoms with Crippen LogP contribution in [-0.4, -0.2) is 22.9 Å². The number of carboxylic acids is 1. The number of hydrogen-bond acceptors (Lipinski definition) is 4. The van der Waals surface area contributed by atoms with E-state index in [4.69, 9.17) is 15.3 Å². The SMILES string of the molecule is CC(N)CSC(C)c1ccc(C(=O)O)o1. The summed E-state index contributed by atoms with van der Waals surface area (Å²) in [6.45, 7) is 3.90. The molecule has 0 aliphatic rings. The summed E-state index contributed by atoms with van der Waals surface area (Å²) in [4.78, 5) is 10.6. The van der Waals surface area contributed by atoms with Gasteiger partial charge in [-0.15, -0.1) is 11.8 Å². The minimum absolute atomic E-state index is 0.0155. The molecule has 1 aromatic rings. The summed E-state index contributed by atoms with van der Waals surface area (Å²) in [5.74, 6) is 0.450. The van der Waals surface area contributed by atoms with Crippen LogP contribution in [0.4, 0.5) is 0 Å². The average molecular weight is 229 g/mol.